The fourth-order valence-electron chi connectivity index (χ4n) is 2.81. The molecule has 1 amide bonds. The van der Waals surface area contributed by atoms with Crippen molar-refractivity contribution >= 4 is 5.91 Å². The van der Waals surface area contributed by atoms with E-state index in [1.165, 1.54) is 0 Å². The van der Waals surface area contributed by atoms with E-state index in [1.807, 2.05) is 4.90 Å². The van der Waals surface area contributed by atoms with Gasteiger partial charge in [-0.25, -0.2) is 0 Å². The summed E-state index contributed by atoms with van der Waals surface area (Å²) in [5, 5.41) is 0. The van der Waals surface area contributed by atoms with Crippen LogP contribution in [0.1, 0.15) is 34.1 Å². The molecule has 0 aromatic heterocycles. The molecule has 0 bridgehead atoms. The van der Waals surface area contributed by atoms with Crippen molar-refractivity contribution in [1.82, 2.24) is 4.90 Å². The average Bonchev–Trinajstić information content (AvgIpc) is 2.69. The maximum atomic E-state index is 12.6. The van der Waals surface area contributed by atoms with Crippen LogP contribution in [0.4, 0.5) is 0 Å². The minimum atomic E-state index is 0.0954. The van der Waals surface area contributed by atoms with Crippen LogP contribution in [0.3, 0.4) is 0 Å². The number of amides is 1. The molecule has 18 heavy (non-hydrogen) atoms. The lowest BCUT2D eigenvalue weighted by Crippen LogP contribution is -2.38. The zero-order valence-electron chi connectivity index (χ0n) is 12.5. The van der Waals surface area contributed by atoms with Gasteiger partial charge in [0.25, 0.3) is 0 Å². The van der Waals surface area contributed by atoms with Gasteiger partial charge in [0.15, 0.2) is 0 Å². The van der Waals surface area contributed by atoms with Crippen molar-refractivity contribution in [3.63, 3.8) is 0 Å². The van der Waals surface area contributed by atoms with Crippen LogP contribution < -0.4 is 5.73 Å². The predicted octanol–water partition coefficient (Wildman–Crippen LogP) is 1.49. The van der Waals surface area contributed by atoms with Gasteiger partial charge >= 0.3 is 0 Å². The van der Waals surface area contributed by atoms with Crippen molar-refractivity contribution in [1.29, 1.82) is 0 Å². The lowest BCUT2D eigenvalue weighted by Gasteiger charge is -2.23. The van der Waals surface area contributed by atoms with E-state index in [1.54, 1.807) is 7.11 Å². The summed E-state index contributed by atoms with van der Waals surface area (Å²) >= 11 is 0. The van der Waals surface area contributed by atoms with Gasteiger partial charge in [0.05, 0.1) is 6.61 Å². The van der Waals surface area contributed by atoms with Gasteiger partial charge in [-0.3, -0.25) is 4.79 Å². The second-order valence-electron chi connectivity index (χ2n) is 6.34. The highest BCUT2D eigenvalue weighted by atomic mass is 16.5. The van der Waals surface area contributed by atoms with Crippen LogP contribution in [-0.4, -0.2) is 44.2 Å². The normalized spacial score (nSPS) is 20.8. The van der Waals surface area contributed by atoms with Gasteiger partial charge < -0.3 is 15.4 Å². The van der Waals surface area contributed by atoms with Crippen LogP contribution in [0.25, 0.3) is 0 Å². The van der Waals surface area contributed by atoms with Crippen molar-refractivity contribution in [3.05, 3.63) is 0 Å². The molecule has 0 radical (unpaired) electrons. The minimum absolute atomic E-state index is 0.0954. The van der Waals surface area contributed by atoms with Gasteiger partial charge in [0.2, 0.25) is 5.91 Å². The fraction of sp³-hybridized carbons (Fsp3) is 0.929. The van der Waals surface area contributed by atoms with Crippen LogP contribution in [-0.2, 0) is 9.53 Å². The number of carbonyl (C=O) groups excluding carboxylic acids is 1. The summed E-state index contributed by atoms with van der Waals surface area (Å²) < 4.78 is 5.08. The molecule has 1 fully saturated rings. The molecule has 0 aliphatic heterocycles. The lowest BCUT2D eigenvalue weighted by atomic mass is 10.0. The predicted molar refractivity (Wildman–Crippen MR) is 73.2 cm³/mol. The average molecular weight is 256 g/mol. The number of carbonyl (C=O) groups is 1. The first-order valence-corrected chi connectivity index (χ1v) is 6.78. The standard InChI is InChI=1S/C14H28N2O2/c1-13(2)11(14(13,3)4)12(17)16(8-6-7-15)9-10-18-5/h11H,6-10,15H2,1-5H3. The Bertz CT molecular complexity index is 278. The maximum absolute atomic E-state index is 12.6. The van der Waals surface area contributed by atoms with Crippen LogP contribution in [0.5, 0.6) is 0 Å². The fourth-order valence-corrected chi connectivity index (χ4v) is 2.81. The van der Waals surface area contributed by atoms with E-state index in [2.05, 4.69) is 27.7 Å². The van der Waals surface area contributed by atoms with Crippen LogP contribution in [0.15, 0.2) is 0 Å². The van der Waals surface area contributed by atoms with E-state index in [9.17, 15) is 4.79 Å². The maximum Gasteiger partial charge on any atom is 0.226 e. The van der Waals surface area contributed by atoms with Crippen molar-refractivity contribution in [2.75, 3.05) is 33.4 Å². The Morgan fingerprint density at radius 2 is 1.78 bits per heavy atom. The van der Waals surface area contributed by atoms with E-state index < -0.39 is 0 Å². The van der Waals surface area contributed by atoms with Gasteiger partial charge in [0.1, 0.15) is 0 Å². The summed E-state index contributed by atoms with van der Waals surface area (Å²) in [7, 11) is 1.66. The van der Waals surface area contributed by atoms with Gasteiger partial charge in [-0.2, -0.15) is 0 Å². The number of methoxy groups -OCH3 is 1. The quantitative estimate of drug-likeness (QED) is 0.751. The first-order chi connectivity index (χ1) is 8.30. The summed E-state index contributed by atoms with van der Waals surface area (Å²) in [4.78, 5) is 14.5. The summed E-state index contributed by atoms with van der Waals surface area (Å²) in [6, 6.07) is 0. The molecule has 0 atom stereocenters. The van der Waals surface area contributed by atoms with Crippen molar-refractivity contribution in [2.24, 2.45) is 22.5 Å². The third-order valence-corrected chi connectivity index (χ3v) is 4.78. The highest BCUT2D eigenvalue weighted by Crippen LogP contribution is 2.68. The summed E-state index contributed by atoms with van der Waals surface area (Å²) in [6.07, 6.45) is 0.850. The highest BCUT2D eigenvalue weighted by Gasteiger charge is 2.68. The zero-order chi connectivity index (χ0) is 14.0. The number of ether oxygens (including phenoxy) is 1. The monoisotopic (exact) mass is 256 g/mol. The molecule has 2 N–H and O–H groups in total. The van der Waals surface area contributed by atoms with E-state index in [0.717, 1.165) is 13.0 Å². The van der Waals surface area contributed by atoms with Gasteiger partial charge in [-0.05, 0) is 23.8 Å². The molecule has 1 saturated carbocycles. The number of hydrogen-bond acceptors (Lipinski definition) is 3. The molecule has 1 aliphatic rings. The first-order valence-electron chi connectivity index (χ1n) is 6.78. The second-order valence-corrected chi connectivity index (χ2v) is 6.34. The second kappa shape index (κ2) is 5.57. The van der Waals surface area contributed by atoms with Crippen molar-refractivity contribution in [3.8, 4) is 0 Å². The van der Waals surface area contributed by atoms with Gasteiger partial charge in [0, 0.05) is 26.1 Å². The Morgan fingerprint density at radius 1 is 1.22 bits per heavy atom. The van der Waals surface area contributed by atoms with Crippen LogP contribution >= 0.6 is 0 Å². The Morgan fingerprint density at radius 3 is 2.17 bits per heavy atom. The zero-order valence-corrected chi connectivity index (χ0v) is 12.5. The Hall–Kier alpha value is -0.610. The number of hydrogen-bond donors (Lipinski definition) is 1. The topological polar surface area (TPSA) is 55.6 Å². The third kappa shape index (κ3) is 2.69. The Labute approximate surface area is 111 Å². The highest BCUT2D eigenvalue weighted by molar-refractivity contribution is 5.84. The molecule has 4 nitrogen and oxygen atoms in total. The third-order valence-electron chi connectivity index (χ3n) is 4.78. The van der Waals surface area contributed by atoms with Crippen molar-refractivity contribution in [2.45, 2.75) is 34.1 Å². The van der Waals surface area contributed by atoms with Crippen LogP contribution in [0, 0.1) is 16.7 Å². The Kier molecular flexibility index (Phi) is 4.78. The molecule has 106 valence electrons. The first kappa shape index (κ1) is 15.4. The summed E-state index contributed by atoms with van der Waals surface area (Å²) in [6.45, 7) is 11.3. The molecule has 0 spiro atoms. The molecule has 1 rings (SSSR count). The lowest BCUT2D eigenvalue weighted by molar-refractivity contribution is -0.134. The molecule has 0 heterocycles. The van der Waals surface area contributed by atoms with E-state index in [-0.39, 0.29) is 22.7 Å². The molecule has 4 heteroatoms. The SMILES string of the molecule is COCCN(CCCN)C(=O)C1C(C)(C)C1(C)C. The molecule has 0 aromatic rings. The summed E-state index contributed by atoms with van der Waals surface area (Å²) in [5.74, 6) is 0.384. The number of rotatable bonds is 7. The smallest absolute Gasteiger partial charge is 0.226 e. The molecule has 1 aliphatic carbocycles. The van der Waals surface area contributed by atoms with Crippen molar-refractivity contribution < 1.29 is 9.53 Å². The molecule has 0 saturated heterocycles. The molecular weight excluding hydrogens is 228 g/mol. The van der Waals surface area contributed by atoms with E-state index >= 15 is 0 Å². The number of nitrogens with two attached hydrogens (primary N) is 1. The van der Waals surface area contributed by atoms with Crippen LogP contribution in [0.2, 0.25) is 0 Å². The largest absolute Gasteiger partial charge is 0.383 e. The van der Waals surface area contributed by atoms with E-state index in [4.69, 9.17) is 10.5 Å². The van der Waals surface area contributed by atoms with Gasteiger partial charge in [-0.1, -0.05) is 27.7 Å². The molecule has 0 unspecified atom stereocenters. The molecular formula is C14H28N2O2. The van der Waals surface area contributed by atoms with E-state index in [0.29, 0.717) is 19.7 Å². The molecule has 0 aromatic carbocycles. The Balaban J connectivity index is 2.65. The minimum Gasteiger partial charge on any atom is -0.383 e. The number of nitrogens with zero attached hydrogens (tertiary/aromatic N) is 1. The van der Waals surface area contributed by atoms with Gasteiger partial charge in [-0.15, -0.1) is 0 Å². The summed E-state index contributed by atoms with van der Waals surface area (Å²) in [5.41, 5.74) is 5.73.